The minimum atomic E-state index is -0.518. The zero-order valence-corrected chi connectivity index (χ0v) is 8.41. The summed E-state index contributed by atoms with van der Waals surface area (Å²) in [5.41, 5.74) is 0.275. The monoisotopic (exact) mass is 214 g/mol. The van der Waals surface area contributed by atoms with Crippen molar-refractivity contribution in [3.05, 3.63) is 24.8 Å². The van der Waals surface area contributed by atoms with Gasteiger partial charge in [0, 0.05) is 18.1 Å². The number of hydrogen-bond acceptors (Lipinski definition) is 4. The molecule has 0 aromatic rings. The number of ether oxygens (including phenoxy) is 2. The average molecular weight is 214 g/mol. The molecule has 1 unspecified atom stereocenters. The van der Waals surface area contributed by atoms with Crippen molar-refractivity contribution in [1.82, 2.24) is 0 Å². The first kappa shape index (κ1) is 15.9. The van der Waals surface area contributed by atoms with Crippen molar-refractivity contribution in [3.8, 4) is 0 Å². The van der Waals surface area contributed by atoms with Gasteiger partial charge in [-0.25, -0.2) is 9.59 Å². The molecule has 1 atom stereocenters. The maximum Gasteiger partial charge on any atom is 0.333 e. The van der Waals surface area contributed by atoms with Crippen molar-refractivity contribution in [2.75, 3.05) is 7.11 Å². The number of carbonyl (C=O) groups is 2. The molecule has 4 nitrogen and oxygen atoms in total. The molecule has 0 saturated heterocycles. The van der Waals surface area contributed by atoms with E-state index in [1.807, 2.05) is 0 Å². The highest BCUT2D eigenvalue weighted by Crippen LogP contribution is 2.08. The quantitative estimate of drug-likeness (QED) is 0.517. The van der Waals surface area contributed by atoms with E-state index in [1.54, 1.807) is 6.92 Å². The van der Waals surface area contributed by atoms with Crippen molar-refractivity contribution in [2.45, 2.75) is 26.9 Å². The van der Waals surface area contributed by atoms with Crippen molar-refractivity contribution >= 4 is 11.9 Å². The lowest BCUT2D eigenvalue weighted by Gasteiger charge is -2.11. The molecule has 0 radical (unpaired) electrons. The van der Waals surface area contributed by atoms with E-state index < -0.39 is 18.0 Å². The first-order valence-electron chi connectivity index (χ1n) is 4.10. The van der Waals surface area contributed by atoms with Crippen LogP contribution in [0.1, 0.15) is 20.8 Å². The molecule has 0 amide bonds. The normalized spacial score (nSPS) is 10.5. The number of rotatable bonds is 5. The number of esters is 2. The van der Waals surface area contributed by atoms with Gasteiger partial charge in [0.2, 0.25) is 0 Å². The summed E-state index contributed by atoms with van der Waals surface area (Å²) in [6.07, 6.45) is 0.913. The van der Waals surface area contributed by atoms with Gasteiger partial charge in [-0.1, -0.05) is 20.6 Å². The largest absolute Gasteiger partial charge is 0.466 e. The third kappa shape index (κ3) is 6.49. The first-order chi connectivity index (χ1) is 6.51. The highest BCUT2D eigenvalue weighted by molar-refractivity contribution is 5.87. The SMILES string of the molecule is C.C=CC(=O)OC(C)CC(=C)C(=O)OC. The first-order valence-corrected chi connectivity index (χ1v) is 4.10. The summed E-state index contributed by atoms with van der Waals surface area (Å²) in [7, 11) is 1.27. The second-order valence-electron chi connectivity index (χ2n) is 2.75. The molecule has 0 spiro atoms. The minimum Gasteiger partial charge on any atom is -0.466 e. The van der Waals surface area contributed by atoms with Crippen LogP contribution in [-0.2, 0) is 19.1 Å². The second-order valence-corrected chi connectivity index (χ2v) is 2.75. The highest BCUT2D eigenvalue weighted by atomic mass is 16.5. The molecule has 15 heavy (non-hydrogen) atoms. The summed E-state index contributed by atoms with van der Waals surface area (Å²) in [4.78, 5) is 21.7. The van der Waals surface area contributed by atoms with Gasteiger partial charge in [-0.05, 0) is 6.92 Å². The van der Waals surface area contributed by atoms with Crippen LogP contribution in [0.3, 0.4) is 0 Å². The van der Waals surface area contributed by atoms with E-state index >= 15 is 0 Å². The van der Waals surface area contributed by atoms with Crippen molar-refractivity contribution < 1.29 is 19.1 Å². The Kier molecular flexibility index (Phi) is 8.24. The van der Waals surface area contributed by atoms with Crippen LogP contribution < -0.4 is 0 Å². The molecule has 0 fully saturated rings. The van der Waals surface area contributed by atoms with Gasteiger partial charge in [0.05, 0.1) is 7.11 Å². The van der Waals surface area contributed by atoms with Gasteiger partial charge >= 0.3 is 11.9 Å². The third-order valence-electron chi connectivity index (χ3n) is 1.49. The van der Waals surface area contributed by atoms with Gasteiger partial charge in [-0.3, -0.25) is 0 Å². The van der Waals surface area contributed by atoms with Crippen LogP contribution >= 0.6 is 0 Å². The van der Waals surface area contributed by atoms with Crippen LogP contribution in [0.4, 0.5) is 0 Å². The van der Waals surface area contributed by atoms with E-state index in [1.165, 1.54) is 7.11 Å². The molecule has 0 aromatic carbocycles. The Morgan fingerprint density at radius 2 is 2.00 bits per heavy atom. The van der Waals surface area contributed by atoms with Crippen LogP contribution in [0, 0.1) is 0 Å². The zero-order valence-electron chi connectivity index (χ0n) is 8.41. The average Bonchev–Trinajstić information content (AvgIpc) is 2.15. The van der Waals surface area contributed by atoms with Crippen LogP contribution in [0.25, 0.3) is 0 Å². The Labute approximate surface area is 90.6 Å². The second kappa shape index (κ2) is 7.79. The smallest absolute Gasteiger partial charge is 0.333 e. The van der Waals surface area contributed by atoms with E-state index in [0.29, 0.717) is 0 Å². The lowest BCUT2D eigenvalue weighted by molar-refractivity contribution is -0.143. The molecule has 0 heterocycles. The van der Waals surface area contributed by atoms with Gasteiger partial charge in [0.1, 0.15) is 6.10 Å². The standard InChI is InChI=1S/C10H14O4.CH4/c1-5-9(11)14-8(3)6-7(2)10(12)13-4;/h5,8H,1-2,6H2,3-4H3;1H4. The number of carbonyl (C=O) groups excluding carboxylic acids is 2. The zero-order chi connectivity index (χ0) is 11.1. The fraction of sp³-hybridized carbons (Fsp3) is 0.455. The molecule has 0 aliphatic carbocycles. The van der Waals surface area contributed by atoms with E-state index in [-0.39, 0.29) is 19.4 Å². The summed E-state index contributed by atoms with van der Waals surface area (Å²) >= 11 is 0. The fourth-order valence-electron chi connectivity index (χ4n) is 0.863. The molecule has 0 bridgehead atoms. The maximum absolute atomic E-state index is 10.9. The van der Waals surface area contributed by atoms with E-state index in [4.69, 9.17) is 4.74 Å². The number of methoxy groups -OCH3 is 1. The molecule has 0 aliphatic heterocycles. The Morgan fingerprint density at radius 3 is 2.40 bits per heavy atom. The molecule has 0 N–H and O–H groups in total. The van der Waals surface area contributed by atoms with Crippen molar-refractivity contribution in [1.29, 1.82) is 0 Å². The molecule has 0 aliphatic rings. The summed E-state index contributed by atoms with van der Waals surface area (Å²) < 4.78 is 9.28. The van der Waals surface area contributed by atoms with Gasteiger partial charge in [0.25, 0.3) is 0 Å². The molecule has 0 aromatic heterocycles. The van der Waals surface area contributed by atoms with Gasteiger partial charge < -0.3 is 9.47 Å². The van der Waals surface area contributed by atoms with Crippen LogP contribution in [0.2, 0.25) is 0 Å². The van der Waals surface area contributed by atoms with Crippen LogP contribution in [-0.4, -0.2) is 25.2 Å². The van der Waals surface area contributed by atoms with E-state index in [0.717, 1.165) is 6.08 Å². The van der Waals surface area contributed by atoms with Crippen molar-refractivity contribution in [3.63, 3.8) is 0 Å². The fourth-order valence-corrected chi connectivity index (χ4v) is 0.863. The number of hydrogen-bond donors (Lipinski definition) is 0. The van der Waals surface area contributed by atoms with E-state index in [9.17, 15) is 9.59 Å². The van der Waals surface area contributed by atoms with Gasteiger partial charge in [-0.15, -0.1) is 0 Å². The lowest BCUT2D eigenvalue weighted by atomic mass is 10.1. The summed E-state index contributed by atoms with van der Waals surface area (Å²) in [5, 5.41) is 0. The molecular formula is C11H18O4. The van der Waals surface area contributed by atoms with Crippen LogP contribution in [0.5, 0.6) is 0 Å². The maximum atomic E-state index is 10.9. The predicted molar refractivity (Wildman–Crippen MR) is 58.3 cm³/mol. The topological polar surface area (TPSA) is 52.6 Å². The highest BCUT2D eigenvalue weighted by Gasteiger charge is 2.13. The Balaban J connectivity index is 0. The summed E-state index contributed by atoms with van der Waals surface area (Å²) in [5.74, 6) is -1.01. The summed E-state index contributed by atoms with van der Waals surface area (Å²) in [6.45, 7) is 8.42. The Hall–Kier alpha value is -1.58. The van der Waals surface area contributed by atoms with E-state index in [2.05, 4.69) is 17.9 Å². The predicted octanol–water partition coefficient (Wildman–Crippen LogP) is 1.86. The molecule has 86 valence electrons. The van der Waals surface area contributed by atoms with Crippen LogP contribution in [0.15, 0.2) is 24.8 Å². The Morgan fingerprint density at radius 1 is 1.47 bits per heavy atom. The molecule has 0 saturated carbocycles. The molecular weight excluding hydrogens is 196 g/mol. The van der Waals surface area contributed by atoms with Gasteiger partial charge in [-0.2, -0.15) is 0 Å². The van der Waals surface area contributed by atoms with Gasteiger partial charge in [0.15, 0.2) is 0 Å². The molecule has 0 rings (SSSR count). The Bertz CT molecular complexity index is 255. The summed E-state index contributed by atoms with van der Waals surface area (Å²) in [6, 6.07) is 0. The lowest BCUT2D eigenvalue weighted by Crippen LogP contribution is -2.16. The third-order valence-corrected chi connectivity index (χ3v) is 1.49. The van der Waals surface area contributed by atoms with Crippen molar-refractivity contribution in [2.24, 2.45) is 0 Å². The molecule has 4 heteroatoms. The minimum absolute atomic E-state index is 0.